The lowest BCUT2D eigenvalue weighted by Gasteiger charge is -2.56. The van der Waals surface area contributed by atoms with Crippen molar-refractivity contribution in [1.29, 1.82) is 0 Å². The minimum atomic E-state index is -0.707. The molecular formula is C19H24O4. The molecule has 1 aromatic rings. The van der Waals surface area contributed by atoms with Gasteiger partial charge in [0.05, 0.1) is 12.2 Å². The molecule has 0 aliphatic heterocycles. The van der Waals surface area contributed by atoms with Crippen molar-refractivity contribution >= 4 is 5.78 Å². The Morgan fingerprint density at radius 2 is 1.91 bits per heavy atom. The maximum Gasteiger partial charge on any atom is 0.163 e. The van der Waals surface area contributed by atoms with Gasteiger partial charge in [-0.25, -0.2) is 0 Å². The molecule has 0 bridgehead atoms. The van der Waals surface area contributed by atoms with E-state index in [4.69, 9.17) is 0 Å². The average molecular weight is 316 g/mol. The molecule has 0 spiro atoms. The summed E-state index contributed by atoms with van der Waals surface area (Å²) in [5.41, 5.74) is 1.11. The lowest BCUT2D eigenvalue weighted by molar-refractivity contribution is -0.0750. The molecule has 2 saturated carbocycles. The average Bonchev–Trinajstić information content (AvgIpc) is 2.73. The fourth-order valence-electron chi connectivity index (χ4n) is 5.95. The van der Waals surface area contributed by atoms with Crippen molar-refractivity contribution in [2.45, 2.75) is 57.7 Å². The maximum atomic E-state index is 12.7. The molecule has 2 fully saturated rings. The molecule has 124 valence electrons. The zero-order valence-electron chi connectivity index (χ0n) is 13.6. The SMILES string of the molecule is CC12CC(=O)c3cc(O)ccc3C1CCC1(C)C(O)C(O)CC21. The number of rotatable bonds is 0. The van der Waals surface area contributed by atoms with E-state index < -0.39 is 12.2 Å². The highest BCUT2D eigenvalue weighted by Crippen LogP contribution is 2.66. The number of hydrogen-bond acceptors (Lipinski definition) is 4. The Balaban J connectivity index is 1.84. The normalized spacial score (nSPS) is 45.3. The van der Waals surface area contributed by atoms with Crippen LogP contribution in [0.25, 0.3) is 0 Å². The van der Waals surface area contributed by atoms with Gasteiger partial charge >= 0.3 is 0 Å². The molecule has 6 atom stereocenters. The second kappa shape index (κ2) is 4.58. The molecule has 0 saturated heterocycles. The molecule has 0 amide bonds. The maximum absolute atomic E-state index is 12.7. The lowest BCUT2D eigenvalue weighted by atomic mass is 9.48. The molecule has 4 nitrogen and oxygen atoms in total. The highest BCUT2D eigenvalue weighted by Gasteiger charge is 2.63. The predicted octanol–water partition coefficient (Wildman–Crippen LogP) is 2.61. The minimum Gasteiger partial charge on any atom is -0.508 e. The number of hydrogen-bond donors (Lipinski definition) is 3. The van der Waals surface area contributed by atoms with Crippen molar-refractivity contribution < 1.29 is 20.1 Å². The quantitative estimate of drug-likeness (QED) is 0.687. The first-order valence-corrected chi connectivity index (χ1v) is 8.49. The summed E-state index contributed by atoms with van der Waals surface area (Å²) in [7, 11) is 0. The standard InChI is InChI=1S/C19H24O4/c1-18-6-5-13-11-4-3-10(20)7-12(11)15(22)9-19(13,2)16(18)8-14(21)17(18)23/h3-4,7,13-14,16-17,20-21,23H,5-6,8-9H2,1-2H3. The first-order chi connectivity index (χ1) is 10.8. The number of aliphatic hydroxyl groups is 2. The van der Waals surface area contributed by atoms with Crippen molar-refractivity contribution in [3.8, 4) is 5.75 Å². The summed E-state index contributed by atoms with van der Waals surface area (Å²) in [5.74, 6) is 0.568. The van der Waals surface area contributed by atoms with E-state index in [-0.39, 0.29) is 34.2 Å². The van der Waals surface area contributed by atoms with Crippen LogP contribution in [0.1, 0.15) is 61.4 Å². The van der Waals surface area contributed by atoms with Crippen LogP contribution in [0.15, 0.2) is 18.2 Å². The second-order valence-corrected chi connectivity index (χ2v) is 8.27. The fraction of sp³-hybridized carbons (Fsp3) is 0.632. The summed E-state index contributed by atoms with van der Waals surface area (Å²) >= 11 is 0. The van der Waals surface area contributed by atoms with E-state index in [2.05, 4.69) is 13.8 Å². The van der Waals surface area contributed by atoms with Crippen molar-refractivity contribution in [2.24, 2.45) is 16.7 Å². The van der Waals surface area contributed by atoms with E-state index in [9.17, 15) is 20.1 Å². The van der Waals surface area contributed by atoms with Crippen LogP contribution < -0.4 is 0 Å². The molecule has 3 aliphatic carbocycles. The molecule has 3 aliphatic rings. The summed E-state index contributed by atoms with van der Waals surface area (Å²) in [4.78, 5) is 12.7. The van der Waals surface area contributed by atoms with Crippen molar-refractivity contribution in [1.82, 2.24) is 0 Å². The largest absolute Gasteiger partial charge is 0.508 e. The third kappa shape index (κ3) is 1.82. The molecule has 1 aromatic carbocycles. The topological polar surface area (TPSA) is 77.8 Å². The van der Waals surface area contributed by atoms with Crippen LogP contribution in [-0.4, -0.2) is 33.3 Å². The number of phenols is 1. The van der Waals surface area contributed by atoms with E-state index in [0.29, 0.717) is 18.4 Å². The third-order valence-corrected chi connectivity index (χ3v) is 7.13. The summed E-state index contributed by atoms with van der Waals surface area (Å²) in [5, 5.41) is 30.4. The molecule has 23 heavy (non-hydrogen) atoms. The number of aromatic hydroxyl groups is 1. The van der Waals surface area contributed by atoms with Gasteiger partial charge in [-0.15, -0.1) is 0 Å². The number of aliphatic hydroxyl groups excluding tert-OH is 2. The zero-order valence-corrected chi connectivity index (χ0v) is 13.6. The molecule has 6 unspecified atom stereocenters. The Hall–Kier alpha value is -1.39. The van der Waals surface area contributed by atoms with E-state index in [1.165, 1.54) is 0 Å². The summed E-state index contributed by atoms with van der Waals surface area (Å²) in [6, 6.07) is 5.13. The first-order valence-electron chi connectivity index (χ1n) is 8.49. The van der Waals surface area contributed by atoms with Gasteiger partial charge in [-0.05, 0) is 59.6 Å². The highest BCUT2D eigenvalue weighted by atomic mass is 16.3. The monoisotopic (exact) mass is 316 g/mol. The Kier molecular flexibility index (Phi) is 3.02. The molecule has 0 radical (unpaired) electrons. The number of benzene rings is 1. The predicted molar refractivity (Wildman–Crippen MR) is 85.4 cm³/mol. The highest BCUT2D eigenvalue weighted by molar-refractivity contribution is 6.00. The van der Waals surface area contributed by atoms with Crippen molar-refractivity contribution in [3.05, 3.63) is 29.3 Å². The van der Waals surface area contributed by atoms with Gasteiger partial charge < -0.3 is 15.3 Å². The number of fused-ring (bicyclic) bond motifs is 5. The van der Waals surface area contributed by atoms with Crippen LogP contribution >= 0.6 is 0 Å². The molecular weight excluding hydrogens is 292 g/mol. The van der Waals surface area contributed by atoms with Gasteiger partial charge in [-0.2, -0.15) is 0 Å². The number of Topliss-reactive ketones (excluding diaryl/α,β-unsaturated/α-hetero) is 1. The lowest BCUT2D eigenvalue weighted by Crippen LogP contribution is -2.51. The Morgan fingerprint density at radius 1 is 1.17 bits per heavy atom. The number of carbonyl (C=O) groups excluding carboxylic acids is 1. The van der Waals surface area contributed by atoms with Crippen LogP contribution in [0.5, 0.6) is 5.75 Å². The van der Waals surface area contributed by atoms with Gasteiger partial charge in [0.15, 0.2) is 5.78 Å². The van der Waals surface area contributed by atoms with Gasteiger partial charge in [-0.1, -0.05) is 19.9 Å². The van der Waals surface area contributed by atoms with Crippen LogP contribution in [0, 0.1) is 16.7 Å². The fourth-order valence-corrected chi connectivity index (χ4v) is 5.95. The molecule has 4 rings (SSSR count). The zero-order chi connectivity index (χ0) is 16.6. The first kappa shape index (κ1) is 15.2. The van der Waals surface area contributed by atoms with Gasteiger partial charge in [0.1, 0.15) is 5.75 Å². The number of carbonyl (C=O) groups is 1. The minimum absolute atomic E-state index is 0.0646. The van der Waals surface area contributed by atoms with E-state index in [1.807, 2.05) is 6.07 Å². The van der Waals surface area contributed by atoms with Crippen molar-refractivity contribution in [2.75, 3.05) is 0 Å². The molecule has 0 aromatic heterocycles. The number of phenolic OH excluding ortho intramolecular Hbond substituents is 1. The molecule has 4 heteroatoms. The van der Waals surface area contributed by atoms with E-state index in [0.717, 1.165) is 18.4 Å². The molecule has 0 heterocycles. The molecule has 3 N–H and O–H groups in total. The second-order valence-electron chi connectivity index (χ2n) is 8.27. The Morgan fingerprint density at radius 3 is 2.65 bits per heavy atom. The van der Waals surface area contributed by atoms with Gasteiger partial charge in [0.2, 0.25) is 0 Å². The Bertz CT molecular complexity index is 684. The summed E-state index contributed by atoms with van der Waals surface area (Å²) < 4.78 is 0. The van der Waals surface area contributed by atoms with Crippen LogP contribution in [0.3, 0.4) is 0 Å². The van der Waals surface area contributed by atoms with Crippen LogP contribution in [0.4, 0.5) is 0 Å². The smallest absolute Gasteiger partial charge is 0.163 e. The van der Waals surface area contributed by atoms with Crippen LogP contribution in [-0.2, 0) is 0 Å². The third-order valence-electron chi connectivity index (χ3n) is 7.13. The Labute approximate surface area is 136 Å². The van der Waals surface area contributed by atoms with E-state index in [1.54, 1.807) is 12.1 Å². The number of ketones is 1. The summed E-state index contributed by atoms with van der Waals surface area (Å²) in [6.45, 7) is 4.22. The van der Waals surface area contributed by atoms with E-state index >= 15 is 0 Å². The van der Waals surface area contributed by atoms with Crippen LogP contribution in [0.2, 0.25) is 0 Å². The summed E-state index contributed by atoms with van der Waals surface area (Å²) in [6.07, 6.45) is 1.33. The van der Waals surface area contributed by atoms with Gasteiger partial charge in [0, 0.05) is 12.0 Å². The van der Waals surface area contributed by atoms with Crippen molar-refractivity contribution in [3.63, 3.8) is 0 Å². The van der Waals surface area contributed by atoms with Gasteiger partial charge in [0.25, 0.3) is 0 Å². The van der Waals surface area contributed by atoms with Gasteiger partial charge in [-0.3, -0.25) is 4.79 Å².